The molecule has 0 aromatic carbocycles. The van der Waals surface area contributed by atoms with Gasteiger partial charge in [-0.05, 0) is 25.3 Å². The summed E-state index contributed by atoms with van der Waals surface area (Å²) in [6.45, 7) is 6.70. The van der Waals surface area contributed by atoms with Crippen LogP contribution in [0.1, 0.15) is 63.5 Å². The Hall–Kier alpha value is -1.25. The number of unbranched alkanes of at least 4 members (excludes halogenated alkanes) is 5. The number of hydrogen-bond donors (Lipinski definition) is 1. The van der Waals surface area contributed by atoms with Crippen molar-refractivity contribution in [3.05, 3.63) is 27.5 Å². The minimum atomic E-state index is -0.0199. The van der Waals surface area contributed by atoms with Crippen LogP contribution in [0.25, 0.3) is 0 Å². The van der Waals surface area contributed by atoms with Gasteiger partial charge in [-0.1, -0.05) is 46.0 Å². The summed E-state index contributed by atoms with van der Waals surface area (Å²) in [5, 5.41) is 9.90. The molecule has 0 saturated heterocycles. The lowest BCUT2D eigenvalue weighted by molar-refractivity contribution is 0.396. The second-order valence-electron chi connectivity index (χ2n) is 5.24. The molecule has 3 heteroatoms. The van der Waals surface area contributed by atoms with E-state index in [9.17, 15) is 9.90 Å². The monoisotopic (exact) mass is 265 g/mol. The van der Waals surface area contributed by atoms with Gasteiger partial charge in [0.1, 0.15) is 0 Å². The van der Waals surface area contributed by atoms with E-state index in [1.165, 1.54) is 30.3 Å². The second kappa shape index (κ2) is 8.03. The van der Waals surface area contributed by atoms with Crippen molar-refractivity contribution in [3.63, 3.8) is 0 Å². The van der Waals surface area contributed by atoms with Gasteiger partial charge in [0.25, 0.3) is 5.56 Å². The van der Waals surface area contributed by atoms with Crippen LogP contribution in [0.4, 0.5) is 0 Å². The third-order valence-electron chi connectivity index (χ3n) is 3.69. The Labute approximate surface area is 116 Å². The molecule has 1 aromatic rings. The Bertz CT molecular complexity index is 449. The number of hydrogen-bond acceptors (Lipinski definition) is 2. The fourth-order valence-electron chi connectivity index (χ4n) is 2.49. The van der Waals surface area contributed by atoms with Crippen LogP contribution in [-0.4, -0.2) is 9.67 Å². The summed E-state index contributed by atoms with van der Waals surface area (Å²) < 4.78 is 1.52. The van der Waals surface area contributed by atoms with Gasteiger partial charge in [-0.15, -0.1) is 0 Å². The van der Waals surface area contributed by atoms with Crippen molar-refractivity contribution in [3.8, 4) is 5.88 Å². The van der Waals surface area contributed by atoms with Crippen molar-refractivity contribution >= 4 is 0 Å². The highest BCUT2D eigenvalue weighted by Gasteiger charge is 2.09. The largest absolute Gasteiger partial charge is 0.494 e. The number of nitrogens with zero attached hydrogens (tertiary/aromatic N) is 1. The molecule has 1 aromatic heterocycles. The molecular weight excluding hydrogens is 238 g/mol. The second-order valence-corrected chi connectivity index (χ2v) is 5.24. The van der Waals surface area contributed by atoms with Gasteiger partial charge >= 0.3 is 0 Å². The van der Waals surface area contributed by atoms with E-state index in [0.717, 1.165) is 30.4 Å². The van der Waals surface area contributed by atoms with E-state index in [-0.39, 0.29) is 11.4 Å². The third kappa shape index (κ3) is 4.41. The fraction of sp³-hybridized carbons (Fsp3) is 0.688. The quantitative estimate of drug-likeness (QED) is 0.727. The summed E-state index contributed by atoms with van der Waals surface area (Å²) in [5.41, 5.74) is 1.70. The predicted molar refractivity (Wildman–Crippen MR) is 79.9 cm³/mol. The normalized spacial score (nSPS) is 10.9. The minimum absolute atomic E-state index is 0.0199. The molecule has 108 valence electrons. The molecule has 1 N–H and O–H groups in total. The lowest BCUT2D eigenvalue weighted by Gasteiger charge is -2.12. The van der Waals surface area contributed by atoms with Crippen LogP contribution in [-0.2, 0) is 13.0 Å². The molecule has 0 unspecified atom stereocenters. The van der Waals surface area contributed by atoms with Crippen LogP contribution >= 0.6 is 0 Å². The number of pyridine rings is 1. The Balaban J connectivity index is 2.61. The SMILES string of the molecule is CCCCCCCCn1c(O)cc(C)c(CC)c1=O. The third-order valence-corrected chi connectivity index (χ3v) is 3.69. The van der Waals surface area contributed by atoms with Gasteiger partial charge in [-0.2, -0.15) is 0 Å². The summed E-state index contributed by atoms with van der Waals surface area (Å²) in [7, 11) is 0. The molecule has 19 heavy (non-hydrogen) atoms. The lowest BCUT2D eigenvalue weighted by Crippen LogP contribution is -2.24. The molecule has 0 amide bonds. The van der Waals surface area contributed by atoms with Crippen molar-refractivity contribution < 1.29 is 5.11 Å². The average Bonchev–Trinajstić information content (AvgIpc) is 2.37. The van der Waals surface area contributed by atoms with Crippen molar-refractivity contribution in [1.82, 2.24) is 4.57 Å². The molecule has 0 radical (unpaired) electrons. The zero-order valence-electron chi connectivity index (χ0n) is 12.5. The highest BCUT2D eigenvalue weighted by molar-refractivity contribution is 5.28. The Morgan fingerprint density at radius 2 is 1.74 bits per heavy atom. The molecular formula is C16H27NO2. The van der Waals surface area contributed by atoms with Gasteiger partial charge in [-0.25, -0.2) is 0 Å². The summed E-state index contributed by atoms with van der Waals surface area (Å²) in [4.78, 5) is 12.2. The van der Waals surface area contributed by atoms with Crippen molar-refractivity contribution in [2.24, 2.45) is 0 Å². The van der Waals surface area contributed by atoms with Gasteiger partial charge in [0.2, 0.25) is 0 Å². The molecule has 0 bridgehead atoms. The Morgan fingerprint density at radius 3 is 2.37 bits per heavy atom. The maximum Gasteiger partial charge on any atom is 0.256 e. The molecule has 0 aliphatic rings. The standard InChI is InChI=1S/C16H27NO2/c1-4-6-7-8-9-10-11-17-15(18)12-13(3)14(5-2)16(17)19/h12,18H,4-11H2,1-3H3. The van der Waals surface area contributed by atoms with Gasteiger partial charge < -0.3 is 5.11 Å². The van der Waals surface area contributed by atoms with Crippen molar-refractivity contribution in [1.29, 1.82) is 0 Å². The summed E-state index contributed by atoms with van der Waals surface area (Å²) in [5.74, 6) is 0.105. The van der Waals surface area contributed by atoms with E-state index < -0.39 is 0 Å². The van der Waals surface area contributed by atoms with E-state index in [4.69, 9.17) is 0 Å². The van der Waals surface area contributed by atoms with Crippen LogP contribution in [0.5, 0.6) is 5.88 Å². The van der Waals surface area contributed by atoms with Crippen LogP contribution in [0, 0.1) is 6.92 Å². The van der Waals surface area contributed by atoms with Crippen LogP contribution in [0.2, 0.25) is 0 Å². The first-order valence-corrected chi connectivity index (χ1v) is 7.54. The smallest absolute Gasteiger partial charge is 0.256 e. The predicted octanol–water partition coefficient (Wildman–Crippen LogP) is 3.79. The molecule has 0 saturated carbocycles. The van der Waals surface area contributed by atoms with Crippen LogP contribution < -0.4 is 5.56 Å². The first-order valence-electron chi connectivity index (χ1n) is 7.54. The number of aryl methyl sites for hydroxylation is 1. The zero-order valence-corrected chi connectivity index (χ0v) is 12.5. The Kier molecular flexibility index (Phi) is 6.68. The summed E-state index contributed by atoms with van der Waals surface area (Å²) in [6.07, 6.45) is 7.83. The van der Waals surface area contributed by atoms with Crippen molar-refractivity contribution in [2.45, 2.75) is 72.3 Å². The molecule has 1 rings (SSSR count). The highest BCUT2D eigenvalue weighted by atomic mass is 16.3. The van der Waals surface area contributed by atoms with Crippen LogP contribution in [0.15, 0.2) is 10.9 Å². The number of rotatable bonds is 8. The average molecular weight is 265 g/mol. The topological polar surface area (TPSA) is 42.2 Å². The van der Waals surface area contributed by atoms with Gasteiger partial charge in [0.05, 0.1) is 0 Å². The first kappa shape index (κ1) is 15.8. The Morgan fingerprint density at radius 1 is 1.11 bits per heavy atom. The molecule has 0 fully saturated rings. The minimum Gasteiger partial charge on any atom is -0.494 e. The molecule has 0 aliphatic carbocycles. The molecule has 3 nitrogen and oxygen atoms in total. The molecule has 1 heterocycles. The molecule has 0 spiro atoms. The maximum absolute atomic E-state index is 12.2. The van der Waals surface area contributed by atoms with Gasteiger partial charge in [0, 0.05) is 18.2 Å². The lowest BCUT2D eigenvalue weighted by atomic mass is 10.1. The van der Waals surface area contributed by atoms with Gasteiger partial charge in [-0.3, -0.25) is 9.36 Å². The highest BCUT2D eigenvalue weighted by Crippen LogP contribution is 2.14. The van der Waals surface area contributed by atoms with E-state index in [2.05, 4.69) is 6.92 Å². The van der Waals surface area contributed by atoms with Crippen molar-refractivity contribution in [2.75, 3.05) is 0 Å². The number of aromatic hydroxyl groups is 1. The number of aromatic nitrogens is 1. The van der Waals surface area contributed by atoms with E-state index in [0.29, 0.717) is 6.54 Å². The first-order chi connectivity index (χ1) is 9.11. The zero-order chi connectivity index (χ0) is 14.3. The summed E-state index contributed by atoms with van der Waals surface area (Å²) >= 11 is 0. The van der Waals surface area contributed by atoms with Crippen LogP contribution in [0.3, 0.4) is 0 Å². The maximum atomic E-state index is 12.2. The van der Waals surface area contributed by atoms with E-state index >= 15 is 0 Å². The van der Waals surface area contributed by atoms with E-state index in [1.807, 2.05) is 13.8 Å². The fourth-order valence-corrected chi connectivity index (χ4v) is 2.49. The molecule has 0 aliphatic heterocycles. The molecule has 0 atom stereocenters. The summed E-state index contributed by atoms with van der Waals surface area (Å²) in [6, 6.07) is 1.71. The van der Waals surface area contributed by atoms with E-state index in [1.54, 1.807) is 6.07 Å². The van der Waals surface area contributed by atoms with Gasteiger partial charge in [0.15, 0.2) is 5.88 Å².